The van der Waals surface area contributed by atoms with E-state index in [2.05, 4.69) is 22.0 Å². The van der Waals surface area contributed by atoms with Crippen LogP contribution >= 0.6 is 0 Å². The molecule has 1 aliphatic rings. The van der Waals surface area contributed by atoms with Gasteiger partial charge in [0.25, 0.3) is 0 Å². The third-order valence-corrected chi connectivity index (χ3v) is 5.32. The van der Waals surface area contributed by atoms with Crippen LogP contribution in [0.4, 0.5) is 5.69 Å². The Kier molecular flexibility index (Phi) is 4.58. The van der Waals surface area contributed by atoms with Crippen LogP contribution < -0.4 is 9.64 Å². The Morgan fingerprint density at radius 1 is 1.26 bits per heavy atom. The Bertz CT molecular complexity index is 981. The molecule has 6 nitrogen and oxygen atoms in total. The summed E-state index contributed by atoms with van der Waals surface area (Å²) in [5, 5.41) is 8.54. The molecule has 1 amide bonds. The van der Waals surface area contributed by atoms with Gasteiger partial charge in [-0.15, -0.1) is 0 Å². The molecule has 6 heteroatoms. The number of rotatable bonds is 4. The molecule has 3 aromatic rings. The highest BCUT2D eigenvalue weighted by atomic mass is 16.5. The van der Waals surface area contributed by atoms with E-state index in [4.69, 9.17) is 4.74 Å². The maximum Gasteiger partial charge on any atom is 0.241 e. The lowest BCUT2D eigenvalue weighted by molar-refractivity contribution is -0.122. The molecule has 1 atom stereocenters. The first kappa shape index (κ1) is 17.5. The summed E-state index contributed by atoms with van der Waals surface area (Å²) < 4.78 is 5.33. The first-order valence-corrected chi connectivity index (χ1v) is 9.18. The van der Waals surface area contributed by atoms with Gasteiger partial charge in [-0.2, -0.15) is 5.10 Å². The monoisotopic (exact) mass is 364 g/mol. The van der Waals surface area contributed by atoms with Gasteiger partial charge in [0, 0.05) is 30.2 Å². The predicted octanol–water partition coefficient (Wildman–Crippen LogP) is 3.12. The number of aromatic nitrogens is 2. The Balaban J connectivity index is 1.55. The van der Waals surface area contributed by atoms with Crippen molar-refractivity contribution in [3.05, 3.63) is 53.7 Å². The topological polar surface area (TPSA) is 61.5 Å². The number of piperazine rings is 1. The quantitative estimate of drug-likeness (QED) is 0.773. The zero-order valence-corrected chi connectivity index (χ0v) is 15.9. The van der Waals surface area contributed by atoms with Gasteiger partial charge in [-0.05, 0) is 43.7 Å². The number of carbonyl (C=O) groups is 1. The lowest BCUT2D eigenvalue weighted by Gasteiger charge is -2.39. The Morgan fingerprint density at radius 2 is 2.07 bits per heavy atom. The Morgan fingerprint density at radius 3 is 2.85 bits per heavy atom. The minimum atomic E-state index is 0.129. The van der Waals surface area contributed by atoms with E-state index in [1.165, 1.54) is 0 Å². The minimum Gasteiger partial charge on any atom is -0.497 e. The number of carbonyl (C=O) groups excluding carboxylic acids is 1. The van der Waals surface area contributed by atoms with Gasteiger partial charge in [-0.3, -0.25) is 14.8 Å². The van der Waals surface area contributed by atoms with Crippen LogP contribution in [0.15, 0.2) is 42.5 Å². The van der Waals surface area contributed by atoms with Crippen molar-refractivity contribution in [2.45, 2.75) is 26.4 Å². The van der Waals surface area contributed by atoms with E-state index in [1.807, 2.05) is 54.3 Å². The Labute approximate surface area is 158 Å². The van der Waals surface area contributed by atoms with Crippen molar-refractivity contribution in [3.63, 3.8) is 0 Å². The first-order valence-electron chi connectivity index (χ1n) is 9.18. The highest BCUT2D eigenvalue weighted by molar-refractivity contribution is 5.96. The maximum atomic E-state index is 12.8. The van der Waals surface area contributed by atoms with Crippen molar-refractivity contribution in [1.29, 1.82) is 0 Å². The molecule has 2 heterocycles. The normalized spacial score (nSPS) is 18.3. The molecule has 2 aromatic carbocycles. The van der Waals surface area contributed by atoms with Crippen molar-refractivity contribution in [2.75, 3.05) is 25.1 Å². The second kappa shape index (κ2) is 7.04. The molecule has 1 saturated heterocycles. The minimum absolute atomic E-state index is 0.129. The highest BCUT2D eigenvalue weighted by Crippen LogP contribution is 2.27. The number of hydrogen-bond acceptors (Lipinski definition) is 4. The number of nitrogens with one attached hydrogen (secondary N) is 1. The van der Waals surface area contributed by atoms with E-state index in [0.717, 1.165) is 33.6 Å². The van der Waals surface area contributed by atoms with E-state index in [0.29, 0.717) is 19.6 Å². The molecule has 0 bridgehead atoms. The second-order valence-corrected chi connectivity index (χ2v) is 7.13. The summed E-state index contributed by atoms with van der Waals surface area (Å²) in [6.07, 6.45) is 0. The van der Waals surface area contributed by atoms with Gasteiger partial charge in [0.05, 0.1) is 24.9 Å². The van der Waals surface area contributed by atoms with E-state index in [-0.39, 0.29) is 11.9 Å². The lowest BCUT2D eigenvalue weighted by atomic mass is 10.1. The fourth-order valence-electron chi connectivity index (χ4n) is 3.70. The number of H-pyrrole nitrogens is 1. The van der Waals surface area contributed by atoms with Gasteiger partial charge in [-0.25, -0.2) is 0 Å². The molecule has 1 fully saturated rings. The summed E-state index contributed by atoms with van der Waals surface area (Å²) in [6, 6.07) is 14.1. The van der Waals surface area contributed by atoms with Gasteiger partial charge < -0.3 is 9.64 Å². The average Bonchev–Trinajstić information content (AvgIpc) is 3.07. The number of anilines is 1. The summed E-state index contributed by atoms with van der Waals surface area (Å²) in [5.41, 5.74) is 4.04. The van der Waals surface area contributed by atoms with E-state index in [9.17, 15) is 4.79 Å². The molecule has 140 valence electrons. The molecule has 0 aliphatic carbocycles. The van der Waals surface area contributed by atoms with E-state index >= 15 is 0 Å². The number of aryl methyl sites for hydroxylation is 1. The van der Waals surface area contributed by atoms with Crippen molar-refractivity contribution < 1.29 is 9.53 Å². The molecule has 0 radical (unpaired) electrons. The number of para-hydroxylation sites is 1. The maximum absolute atomic E-state index is 12.8. The van der Waals surface area contributed by atoms with Crippen LogP contribution in [-0.4, -0.2) is 47.2 Å². The number of fused-ring (bicyclic) bond motifs is 1. The highest BCUT2D eigenvalue weighted by Gasteiger charge is 2.31. The van der Waals surface area contributed by atoms with Gasteiger partial charge >= 0.3 is 0 Å². The van der Waals surface area contributed by atoms with Crippen molar-refractivity contribution >= 4 is 22.5 Å². The zero-order valence-electron chi connectivity index (χ0n) is 15.9. The molecule has 0 spiro atoms. The number of ether oxygens (including phenoxy) is 1. The number of benzene rings is 2. The van der Waals surface area contributed by atoms with Gasteiger partial charge in [0.1, 0.15) is 5.75 Å². The second-order valence-electron chi connectivity index (χ2n) is 7.13. The van der Waals surface area contributed by atoms with Gasteiger partial charge in [-0.1, -0.05) is 18.2 Å². The van der Waals surface area contributed by atoms with Gasteiger partial charge in [0.2, 0.25) is 5.91 Å². The van der Waals surface area contributed by atoms with Crippen LogP contribution in [0, 0.1) is 6.92 Å². The largest absolute Gasteiger partial charge is 0.497 e. The zero-order chi connectivity index (χ0) is 19.0. The number of methoxy groups -OCH3 is 1. The van der Waals surface area contributed by atoms with Crippen LogP contribution in [0.1, 0.15) is 18.2 Å². The third-order valence-electron chi connectivity index (χ3n) is 5.32. The summed E-state index contributed by atoms with van der Waals surface area (Å²) >= 11 is 0. The molecular formula is C21H24N4O2. The molecule has 1 N–H and O–H groups in total. The summed E-state index contributed by atoms with van der Waals surface area (Å²) in [6.45, 7) is 5.93. The molecule has 27 heavy (non-hydrogen) atoms. The molecule has 4 rings (SSSR count). The smallest absolute Gasteiger partial charge is 0.241 e. The third kappa shape index (κ3) is 3.28. The van der Waals surface area contributed by atoms with Crippen molar-refractivity contribution in [2.24, 2.45) is 0 Å². The number of amides is 1. The molecule has 0 unspecified atom stereocenters. The molecule has 1 aromatic heterocycles. The van der Waals surface area contributed by atoms with Crippen LogP contribution in [0.25, 0.3) is 10.9 Å². The molecule has 0 saturated carbocycles. The van der Waals surface area contributed by atoms with Gasteiger partial charge in [0.15, 0.2) is 0 Å². The lowest BCUT2D eigenvalue weighted by Crippen LogP contribution is -2.55. The number of hydrogen-bond donors (Lipinski definition) is 1. The summed E-state index contributed by atoms with van der Waals surface area (Å²) in [7, 11) is 1.66. The summed E-state index contributed by atoms with van der Waals surface area (Å²) in [5.74, 6) is 0.933. The number of aromatic amines is 1. The predicted molar refractivity (Wildman–Crippen MR) is 106 cm³/mol. The molecule has 1 aliphatic heterocycles. The van der Waals surface area contributed by atoms with E-state index in [1.54, 1.807) is 7.11 Å². The van der Waals surface area contributed by atoms with Crippen LogP contribution in [0.2, 0.25) is 0 Å². The number of nitrogens with zero attached hydrogens (tertiary/aromatic N) is 3. The average molecular weight is 364 g/mol. The SMILES string of the molecule is COc1ccc2n[nH]c(CN3CC(=O)N(c4ccccc4C)C[C@@H]3C)c2c1. The van der Waals surface area contributed by atoms with Crippen LogP contribution in [0.3, 0.4) is 0 Å². The van der Waals surface area contributed by atoms with Crippen LogP contribution in [-0.2, 0) is 11.3 Å². The molecular weight excluding hydrogens is 340 g/mol. The Hall–Kier alpha value is -2.86. The fourth-order valence-corrected chi connectivity index (χ4v) is 3.70. The van der Waals surface area contributed by atoms with Crippen LogP contribution in [0.5, 0.6) is 5.75 Å². The summed E-state index contributed by atoms with van der Waals surface area (Å²) in [4.78, 5) is 16.9. The van der Waals surface area contributed by atoms with Crippen molar-refractivity contribution in [3.8, 4) is 5.75 Å². The van der Waals surface area contributed by atoms with E-state index < -0.39 is 0 Å². The first-order chi connectivity index (χ1) is 13.1. The standard InChI is InChI=1S/C21H24N4O2/c1-14-6-4-5-7-20(14)25-11-15(2)24(13-21(25)26)12-19-17-10-16(27-3)8-9-18(17)22-23-19/h4-10,15H,11-13H2,1-3H3,(H,22,23)/t15-/m0/s1. The fraction of sp³-hybridized carbons (Fsp3) is 0.333. The van der Waals surface area contributed by atoms with Crippen molar-refractivity contribution in [1.82, 2.24) is 15.1 Å².